The molecule has 0 aromatic heterocycles. The van der Waals surface area contributed by atoms with Crippen molar-refractivity contribution in [2.45, 2.75) is 16.8 Å². The Hall–Kier alpha value is -1.71. The Balaban J connectivity index is 2.93. The number of hydrogen-bond donors (Lipinski definition) is 1. The van der Waals surface area contributed by atoms with Crippen LogP contribution in [0.25, 0.3) is 0 Å². The molecule has 0 saturated carbocycles. The van der Waals surface area contributed by atoms with E-state index in [4.69, 9.17) is 0 Å². The highest BCUT2D eigenvalue weighted by Gasteiger charge is 2.38. The second-order valence-corrected chi connectivity index (χ2v) is 5.20. The molecule has 19 heavy (non-hydrogen) atoms. The van der Waals surface area contributed by atoms with E-state index in [9.17, 15) is 35.2 Å². The van der Waals surface area contributed by atoms with Crippen molar-refractivity contribution in [2.75, 3.05) is 5.32 Å². The van der Waals surface area contributed by atoms with Crippen LogP contribution in [-0.2, 0) is 14.6 Å². The van der Waals surface area contributed by atoms with Crippen LogP contribution in [0.1, 0.15) is 0 Å². The molecular formula is C9H6F5NO3S. The average Bonchev–Trinajstić information content (AvgIpc) is 2.28. The summed E-state index contributed by atoms with van der Waals surface area (Å²) >= 11 is 0. The lowest BCUT2D eigenvalue weighted by Crippen LogP contribution is -2.29. The van der Waals surface area contributed by atoms with Gasteiger partial charge in [-0.15, -0.1) is 0 Å². The van der Waals surface area contributed by atoms with Gasteiger partial charge in [0.15, 0.2) is 0 Å². The molecule has 0 atom stereocenters. The van der Waals surface area contributed by atoms with Gasteiger partial charge in [-0.25, -0.2) is 8.42 Å². The summed E-state index contributed by atoms with van der Waals surface area (Å²) in [5, 5.41) is 1.44. The molecule has 0 unspecified atom stereocenters. The van der Waals surface area contributed by atoms with E-state index < -0.39 is 32.6 Å². The van der Waals surface area contributed by atoms with Gasteiger partial charge in [0.2, 0.25) is 9.84 Å². The van der Waals surface area contributed by atoms with E-state index in [-0.39, 0.29) is 5.69 Å². The highest BCUT2D eigenvalue weighted by atomic mass is 32.2. The van der Waals surface area contributed by atoms with Crippen LogP contribution in [0.5, 0.6) is 0 Å². The highest BCUT2D eigenvalue weighted by molar-refractivity contribution is 7.91. The first kappa shape index (κ1) is 15.3. The Bertz CT molecular complexity index is 565. The van der Waals surface area contributed by atoms with Gasteiger partial charge in [-0.05, 0) is 24.3 Å². The fraction of sp³-hybridized carbons (Fsp3) is 0.222. The number of alkyl halides is 5. The van der Waals surface area contributed by atoms with Gasteiger partial charge in [-0.1, -0.05) is 0 Å². The molecule has 0 saturated heterocycles. The van der Waals surface area contributed by atoms with Crippen LogP contribution in [0.15, 0.2) is 29.2 Å². The van der Waals surface area contributed by atoms with E-state index in [1.165, 1.54) is 5.32 Å². The summed E-state index contributed by atoms with van der Waals surface area (Å²) in [7, 11) is -4.82. The normalized spacial score (nSPS) is 12.5. The standard InChI is InChI=1S/C9H6F5NO3S/c10-8(11)19(17,18)6-3-1-5(2-4-6)15-7(16)9(12,13)14/h1-4,8H,(H,15,16). The van der Waals surface area contributed by atoms with Crippen molar-refractivity contribution >= 4 is 21.4 Å². The lowest BCUT2D eigenvalue weighted by Gasteiger charge is -2.08. The van der Waals surface area contributed by atoms with E-state index in [0.29, 0.717) is 12.1 Å². The molecule has 1 rings (SSSR count). The molecular weight excluding hydrogens is 297 g/mol. The summed E-state index contributed by atoms with van der Waals surface area (Å²) in [5.41, 5.74) is -0.365. The van der Waals surface area contributed by atoms with Crippen molar-refractivity contribution in [3.8, 4) is 0 Å². The third-order valence-corrected chi connectivity index (χ3v) is 3.33. The molecule has 0 heterocycles. The zero-order valence-electron chi connectivity index (χ0n) is 8.91. The number of halogens is 5. The molecule has 1 aromatic rings. The maximum Gasteiger partial charge on any atom is 0.471 e. The first-order chi connectivity index (χ1) is 8.55. The Morgan fingerprint density at radius 3 is 1.95 bits per heavy atom. The van der Waals surface area contributed by atoms with Gasteiger partial charge in [0, 0.05) is 5.69 Å². The van der Waals surface area contributed by atoms with Crippen LogP contribution >= 0.6 is 0 Å². The Morgan fingerprint density at radius 2 is 1.58 bits per heavy atom. The lowest BCUT2D eigenvalue weighted by molar-refractivity contribution is -0.167. The van der Waals surface area contributed by atoms with Crippen molar-refractivity contribution in [3.05, 3.63) is 24.3 Å². The smallest absolute Gasteiger partial charge is 0.318 e. The summed E-state index contributed by atoms with van der Waals surface area (Å²) in [4.78, 5) is 9.79. The molecule has 1 aromatic carbocycles. The number of carbonyl (C=O) groups is 1. The monoisotopic (exact) mass is 303 g/mol. The third kappa shape index (κ3) is 3.63. The van der Waals surface area contributed by atoms with Crippen LogP contribution < -0.4 is 5.32 Å². The SMILES string of the molecule is O=C(Nc1ccc(S(=O)(=O)C(F)F)cc1)C(F)(F)F. The predicted molar refractivity (Wildman–Crippen MR) is 54.3 cm³/mol. The van der Waals surface area contributed by atoms with Crippen molar-refractivity contribution in [2.24, 2.45) is 0 Å². The number of amides is 1. The zero-order valence-corrected chi connectivity index (χ0v) is 9.73. The quantitative estimate of drug-likeness (QED) is 0.871. The molecule has 1 N–H and O–H groups in total. The first-order valence-corrected chi connectivity index (χ1v) is 6.10. The molecule has 1 amide bonds. The average molecular weight is 303 g/mol. The molecule has 0 bridgehead atoms. The largest absolute Gasteiger partial charge is 0.471 e. The molecule has 106 valence electrons. The molecule has 0 aliphatic carbocycles. The van der Waals surface area contributed by atoms with Gasteiger partial charge >= 0.3 is 17.8 Å². The van der Waals surface area contributed by atoms with Crippen molar-refractivity contribution < 1.29 is 35.2 Å². The van der Waals surface area contributed by atoms with Crippen LogP contribution in [0.2, 0.25) is 0 Å². The maximum atomic E-state index is 12.2. The Kier molecular flexibility index (Phi) is 4.13. The van der Waals surface area contributed by atoms with E-state index in [1.54, 1.807) is 0 Å². The minimum absolute atomic E-state index is 0.365. The molecule has 0 fully saturated rings. The Morgan fingerprint density at radius 1 is 1.11 bits per heavy atom. The summed E-state index contributed by atoms with van der Waals surface area (Å²) in [6.07, 6.45) is -5.10. The van der Waals surface area contributed by atoms with E-state index in [1.807, 2.05) is 0 Å². The van der Waals surface area contributed by atoms with Gasteiger partial charge in [0.25, 0.3) is 0 Å². The molecule has 0 aliphatic rings. The predicted octanol–water partition coefficient (Wildman–Crippen LogP) is 2.18. The van der Waals surface area contributed by atoms with Gasteiger partial charge in [0.05, 0.1) is 4.90 Å². The van der Waals surface area contributed by atoms with Crippen LogP contribution in [0, 0.1) is 0 Å². The van der Waals surface area contributed by atoms with Crippen molar-refractivity contribution in [1.29, 1.82) is 0 Å². The van der Waals surface area contributed by atoms with E-state index in [0.717, 1.165) is 12.1 Å². The third-order valence-electron chi connectivity index (χ3n) is 1.93. The van der Waals surface area contributed by atoms with Crippen LogP contribution in [0.4, 0.5) is 27.6 Å². The fourth-order valence-electron chi connectivity index (χ4n) is 1.03. The topological polar surface area (TPSA) is 63.2 Å². The summed E-state index contributed by atoms with van der Waals surface area (Å²) in [6, 6.07) is 2.90. The minimum Gasteiger partial charge on any atom is -0.318 e. The number of rotatable bonds is 3. The zero-order chi connectivity index (χ0) is 14.8. The number of nitrogens with one attached hydrogen (secondary N) is 1. The molecule has 10 heteroatoms. The molecule has 4 nitrogen and oxygen atoms in total. The van der Waals surface area contributed by atoms with E-state index in [2.05, 4.69) is 0 Å². The van der Waals surface area contributed by atoms with Gasteiger partial charge < -0.3 is 5.32 Å². The molecule has 0 aliphatic heterocycles. The fourth-order valence-corrected chi connectivity index (χ4v) is 1.75. The number of benzene rings is 1. The van der Waals surface area contributed by atoms with Crippen LogP contribution in [-0.4, -0.2) is 26.3 Å². The van der Waals surface area contributed by atoms with Crippen molar-refractivity contribution in [3.63, 3.8) is 0 Å². The molecule has 0 radical (unpaired) electrons. The minimum atomic E-state index is -5.10. The van der Waals surface area contributed by atoms with Gasteiger partial charge in [0.1, 0.15) is 0 Å². The number of carbonyl (C=O) groups excluding carboxylic acids is 1. The van der Waals surface area contributed by atoms with Gasteiger partial charge in [-0.3, -0.25) is 4.79 Å². The second kappa shape index (κ2) is 5.11. The van der Waals surface area contributed by atoms with E-state index >= 15 is 0 Å². The summed E-state index contributed by atoms with van der Waals surface area (Å²) in [5.74, 6) is -5.89. The second-order valence-electron chi connectivity index (χ2n) is 3.28. The maximum absolute atomic E-state index is 12.2. The number of hydrogen-bond acceptors (Lipinski definition) is 3. The Labute approximate surface area is 104 Å². The van der Waals surface area contributed by atoms with Crippen molar-refractivity contribution in [1.82, 2.24) is 0 Å². The lowest BCUT2D eigenvalue weighted by atomic mass is 10.3. The van der Waals surface area contributed by atoms with Gasteiger partial charge in [-0.2, -0.15) is 22.0 Å². The summed E-state index contributed by atoms with van der Waals surface area (Å²) in [6.45, 7) is 0. The first-order valence-electron chi connectivity index (χ1n) is 4.55. The van der Waals surface area contributed by atoms with Crippen LogP contribution in [0.3, 0.4) is 0 Å². The number of anilines is 1. The molecule has 0 spiro atoms. The summed E-state index contributed by atoms with van der Waals surface area (Å²) < 4.78 is 82.0. The number of sulfone groups is 1. The highest BCUT2D eigenvalue weighted by Crippen LogP contribution is 2.22.